The lowest BCUT2D eigenvalue weighted by molar-refractivity contribution is 0.340. The van der Waals surface area contributed by atoms with Gasteiger partial charge in [-0.15, -0.1) is 0 Å². The van der Waals surface area contributed by atoms with Gasteiger partial charge in [0.2, 0.25) is 5.89 Å². The van der Waals surface area contributed by atoms with Crippen molar-refractivity contribution < 1.29 is 9.15 Å². The van der Waals surface area contributed by atoms with Crippen molar-refractivity contribution in [1.82, 2.24) is 14.8 Å². The number of aromatic nitrogens is 3. The second-order valence-corrected chi connectivity index (χ2v) is 7.25. The summed E-state index contributed by atoms with van der Waals surface area (Å²) in [4.78, 5) is 4.57. The van der Waals surface area contributed by atoms with E-state index in [2.05, 4.69) is 42.2 Å². The molecule has 0 unspecified atom stereocenters. The Morgan fingerprint density at radius 3 is 2.73 bits per heavy atom. The number of aryl methyl sites for hydroxylation is 1. The van der Waals surface area contributed by atoms with Crippen molar-refractivity contribution in [3.8, 4) is 17.2 Å². The molecule has 0 aliphatic rings. The Kier molecular flexibility index (Phi) is 5.02. The standard InChI is InChI=1S/C20H26N4O2/c1-6-25-16-9-7-8-14(10-16)19-22-15(13-26-19)12-21-18-11-17(20(2,3)4)23-24(18)5/h7-11,13,21H,6,12H2,1-5H3. The zero-order chi connectivity index (χ0) is 18.7. The van der Waals surface area contributed by atoms with Crippen LogP contribution in [0.4, 0.5) is 5.82 Å². The van der Waals surface area contributed by atoms with Crippen molar-refractivity contribution >= 4 is 5.82 Å². The number of rotatable bonds is 6. The van der Waals surface area contributed by atoms with E-state index < -0.39 is 0 Å². The van der Waals surface area contributed by atoms with E-state index >= 15 is 0 Å². The van der Waals surface area contributed by atoms with Crippen LogP contribution in [0.3, 0.4) is 0 Å². The van der Waals surface area contributed by atoms with E-state index in [4.69, 9.17) is 9.15 Å². The molecule has 26 heavy (non-hydrogen) atoms. The molecular formula is C20H26N4O2. The average molecular weight is 354 g/mol. The smallest absolute Gasteiger partial charge is 0.226 e. The van der Waals surface area contributed by atoms with Gasteiger partial charge in [-0.2, -0.15) is 5.10 Å². The normalized spacial score (nSPS) is 11.6. The molecule has 0 aliphatic heterocycles. The van der Waals surface area contributed by atoms with E-state index in [0.717, 1.165) is 28.5 Å². The Labute approximate surface area is 154 Å². The summed E-state index contributed by atoms with van der Waals surface area (Å²) in [5, 5.41) is 7.94. The number of hydrogen-bond acceptors (Lipinski definition) is 5. The van der Waals surface area contributed by atoms with Crippen LogP contribution in [0.25, 0.3) is 11.5 Å². The molecule has 2 heterocycles. The zero-order valence-electron chi connectivity index (χ0n) is 16.0. The zero-order valence-corrected chi connectivity index (χ0v) is 16.0. The van der Waals surface area contributed by atoms with E-state index in [9.17, 15) is 0 Å². The van der Waals surface area contributed by atoms with Gasteiger partial charge in [-0.1, -0.05) is 26.8 Å². The maximum absolute atomic E-state index is 5.63. The van der Waals surface area contributed by atoms with Crippen molar-refractivity contribution in [3.05, 3.63) is 48.0 Å². The maximum atomic E-state index is 5.63. The molecule has 0 bridgehead atoms. The van der Waals surface area contributed by atoms with E-state index in [-0.39, 0.29) is 5.41 Å². The Balaban J connectivity index is 1.70. The summed E-state index contributed by atoms with van der Waals surface area (Å²) in [7, 11) is 1.94. The third-order valence-corrected chi connectivity index (χ3v) is 4.04. The maximum Gasteiger partial charge on any atom is 0.226 e. The lowest BCUT2D eigenvalue weighted by Gasteiger charge is -2.13. The molecule has 0 atom stereocenters. The van der Waals surface area contributed by atoms with Gasteiger partial charge in [-0.3, -0.25) is 4.68 Å². The van der Waals surface area contributed by atoms with Crippen molar-refractivity contribution in [2.75, 3.05) is 11.9 Å². The van der Waals surface area contributed by atoms with Crippen LogP contribution < -0.4 is 10.1 Å². The Bertz CT molecular complexity index is 874. The van der Waals surface area contributed by atoms with Gasteiger partial charge in [0, 0.05) is 24.1 Å². The third-order valence-electron chi connectivity index (χ3n) is 4.04. The number of oxazole rings is 1. The lowest BCUT2D eigenvalue weighted by atomic mass is 9.92. The minimum atomic E-state index is 0.0182. The van der Waals surface area contributed by atoms with Crippen LogP contribution in [0.2, 0.25) is 0 Å². The first-order chi connectivity index (χ1) is 12.4. The molecule has 0 amide bonds. The van der Waals surface area contributed by atoms with Crippen LogP contribution in [-0.4, -0.2) is 21.4 Å². The second kappa shape index (κ2) is 7.23. The van der Waals surface area contributed by atoms with Crippen molar-refractivity contribution in [2.45, 2.75) is 39.7 Å². The van der Waals surface area contributed by atoms with Crippen LogP contribution in [-0.2, 0) is 19.0 Å². The lowest BCUT2D eigenvalue weighted by Crippen LogP contribution is -2.12. The molecule has 3 aromatic rings. The van der Waals surface area contributed by atoms with Gasteiger partial charge in [0.15, 0.2) is 0 Å². The van der Waals surface area contributed by atoms with Crippen molar-refractivity contribution in [2.24, 2.45) is 7.05 Å². The van der Waals surface area contributed by atoms with Crippen molar-refractivity contribution in [3.63, 3.8) is 0 Å². The molecular weight excluding hydrogens is 328 g/mol. The Morgan fingerprint density at radius 2 is 2.04 bits per heavy atom. The highest BCUT2D eigenvalue weighted by Gasteiger charge is 2.19. The molecule has 0 aliphatic carbocycles. The number of nitrogens with zero attached hydrogens (tertiary/aromatic N) is 3. The number of ether oxygens (including phenoxy) is 1. The van der Waals surface area contributed by atoms with Gasteiger partial charge in [0.05, 0.1) is 24.5 Å². The SMILES string of the molecule is CCOc1cccc(-c2nc(CNc3cc(C(C)(C)C)nn3C)co2)c1. The Morgan fingerprint density at radius 1 is 1.23 bits per heavy atom. The molecule has 0 saturated carbocycles. The quantitative estimate of drug-likeness (QED) is 0.711. The first-order valence-corrected chi connectivity index (χ1v) is 8.83. The number of anilines is 1. The van der Waals surface area contributed by atoms with Gasteiger partial charge in [0.1, 0.15) is 17.8 Å². The van der Waals surface area contributed by atoms with Gasteiger partial charge >= 0.3 is 0 Å². The fourth-order valence-electron chi connectivity index (χ4n) is 2.59. The predicted octanol–water partition coefficient (Wildman–Crippen LogP) is 4.38. The van der Waals surface area contributed by atoms with Crippen molar-refractivity contribution in [1.29, 1.82) is 0 Å². The van der Waals surface area contributed by atoms with Gasteiger partial charge in [0.25, 0.3) is 0 Å². The Hall–Kier alpha value is -2.76. The van der Waals surface area contributed by atoms with Crippen LogP contribution in [0.5, 0.6) is 5.75 Å². The highest BCUT2D eigenvalue weighted by Crippen LogP contribution is 2.25. The van der Waals surface area contributed by atoms with E-state index in [1.807, 2.05) is 42.9 Å². The molecule has 0 fully saturated rings. The van der Waals surface area contributed by atoms with E-state index in [1.54, 1.807) is 6.26 Å². The van der Waals surface area contributed by atoms with Gasteiger partial charge < -0.3 is 14.5 Å². The second-order valence-electron chi connectivity index (χ2n) is 7.25. The molecule has 1 aromatic carbocycles. The topological polar surface area (TPSA) is 65.1 Å². The number of benzene rings is 1. The first kappa shape index (κ1) is 18.0. The summed E-state index contributed by atoms with van der Waals surface area (Å²) < 4.78 is 13.0. The molecule has 3 rings (SSSR count). The van der Waals surface area contributed by atoms with Crippen LogP contribution in [0.1, 0.15) is 39.1 Å². The predicted molar refractivity (Wildman–Crippen MR) is 102 cm³/mol. The molecule has 0 spiro atoms. The molecule has 1 N–H and O–H groups in total. The number of nitrogens with one attached hydrogen (secondary N) is 1. The summed E-state index contributed by atoms with van der Waals surface area (Å²) >= 11 is 0. The summed E-state index contributed by atoms with van der Waals surface area (Å²) in [6.45, 7) is 9.62. The monoisotopic (exact) mass is 354 g/mol. The molecule has 6 heteroatoms. The molecule has 0 saturated heterocycles. The average Bonchev–Trinajstić information content (AvgIpc) is 3.20. The minimum absolute atomic E-state index is 0.0182. The van der Waals surface area contributed by atoms with Crippen LogP contribution in [0.15, 0.2) is 41.0 Å². The van der Waals surface area contributed by atoms with Gasteiger partial charge in [-0.25, -0.2) is 4.98 Å². The molecule has 0 radical (unpaired) electrons. The third kappa shape index (κ3) is 4.07. The molecule has 2 aromatic heterocycles. The minimum Gasteiger partial charge on any atom is -0.494 e. The van der Waals surface area contributed by atoms with E-state index in [0.29, 0.717) is 19.0 Å². The van der Waals surface area contributed by atoms with Crippen LogP contribution >= 0.6 is 0 Å². The van der Waals surface area contributed by atoms with E-state index in [1.165, 1.54) is 0 Å². The fraction of sp³-hybridized carbons (Fsp3) is 0.400. The fourth-order valence-corrected chi connectivity index (χ4v) is 2.59. The summed E-state index contributed by atoms with van der Waals surface area (Å²) in [6, 6.07) is 9.83. The first-order valence-electron chi connectivity index (χ1n) is 8.83. The highest BCUT2D eigenvalue weighted by atomic mass is 16.5. The highest BCUT2D eigenvalue weighted by molar-refractivity contribution is 5.56. The number of hydrogen-bond donors (Lipinski definition) is 1. The summed E-state index contributed by atoms with van der Waals surface area (Å²) in [5.74, 6) is 2.36. The summed E-state index contributed by atoms with van der Waals surface area (Å²) in [5.41, 5.74) is 2.80. The largest absolute Gasteiger partial charge is 0.494 e. The van der Waals surface area contributed by atoms with Gasteiger partial charge in [-0.05, 0) is 25.1 Å². The molecule has 6 nitrogen and oxygen atoms in total. The van der Waals surface area contributed by atoms with Crippen LogP contribution in [0, 0.1) is 0 Å². The molecule has 138 valence electrons. The summed E-state index contributed by atoms with van der Waals surface area (Å²) in [6.07, 6.45) is 1.68.